The second-order valence-electron chi connectivity index (χ2n) is 10.4. The number of unbranched alkanes of at least 4 members (excludes halogenated alkanes) is 6. The molecule has 0 bridgehead atoms. The molecule has 3 atom stereocenters. The van der Waals surface area contributed by atoms with Gasteiger partial charge in [-0.15, -0.1) is 0 Å². The predicted octanol–water partition coefficient (Wildman–Crippen LogP) is 3.92. The summed E-state index contributed by atoms with van der Waals surface area (Å²) in [7, 11) is -4.28. The molecule has 9 nitrogen and oxygen atoms in total. The van der Waals surface area contributed by atoms with Crippen LogP contribution in [-0.2, 0) is 24.5 Å². The van der Waals surface area contributed by atoms with Crippen LogP contribution in [-0.4, -0.2) is 53.2 Å². The molecule has 3 unspecified atom stereocenters. The maximum absolute atomic E-state index is 13.0. The molecular formula is C24H46N2O7S. The lowest BCUT2D eigenvalue weighted by atomic mass is 9.77. The molecule has 0 heterocycles. The molecule has 0 aromatic carbocycles. The maximum atomic E-state index is 13.0. The van der Waals surface area contributed by atoms with E-state index in [0.29, 0.717) is 19.3 Å². The largest absolute Gasteiger partial charge is 0.480 e. The quantitative estimate of drug-likeness (QED) is 0.162. The summed E-state index contributed by atoms with van der Waals surface area (Å²) in [5, 5.41) is 14.8. The Hall–Kier alpha value is -1.68. The third kappa shape index (κ3) is 13.3. The Bertz CT molecular complexity index is 767. The average Bonchev–Trinajstić information content (AvgIpc) is 2.69. The standard InChI is InChI=1S/C24H46N2O7S/c1-7-9-10-11-12-13-14-15-19(21(28)29)25-22(30)24(6,8-2)16-18(3)20(27)26-23(4,5)17-34(31,32)33/h18-19H,7-17H2,1-6H3,(H,25,30)(H,26,27)(H,28,29)(H,31,32,33). The minimum Gasteiger partial charge on any atom is -0.480 e. The smallest absolute Gasteiger partial charge is 0.326 e. The van der Waals surface area contributed by atoms with Gasteiger partial charge in [-0.25, -0.2) is 4.79 Å². The van der Waals surface area contributed by atoms with Crippen LogP contribution in [0.3, 0.4) is 0 Å². The molecule has 200 valence electrons. The zero-order chi connectivity index (χ0) is 26.6. The summed E-state index contributed by atoms with van der Waals surface area (Å²) < 4.78 is 31.4. The second kappa shape index (κ2) is 14.7. The van der Waals surface area contributed by atoms with Gasteiger partial charge in [-0.2, -0.15) is 8.42 Å². The van der Waals surface area contributed by atoms with E-state index >= 15 is 0 Å². The van der Waals surface area contributed by atoms with Gasteiger partial charge in [-0.05, 0) is 33.1 Å². The monoisotopic (exact) mass is 506 g/mol. The van der Waals surface area contributed by atoms with Crippen LogP contribution in [0.25, 0.3) is 0 Å². The molecule has 0 saturated heterocycles. The highest BCUT2D eigenvalue weighted by molar-refractivity contribution is 7.85. The lowest BCUT2D eigenvalue weighted by molar-refractivity contribution is -0.144. The molecule has 0 saturated carbocycles. The first-order valence-electron chi connectivity index (χ1n) is 12.4. The lowest BCUT2D eigenvalue weighted by Crippen LogP contribution is -2.52. The fourth-order valence-corrected chi connectivity index (χ4v) is 4.99. The number of hydrogen-bond acceptors (Lipinski definition) is 5. The Kier molecular flexibility index (Phi) is 13.9. The Labute approximate surface area is 205 Å². The van der Waals surface area contributed by atoms with Gasteiger partial charge < -0.3 is 15.7 Å². The normalized spacial score (nSPS) is 15.7. The fraction of sp³-hybridized carbons (Fsp3) is 0.875. The Morgan fingerprint density at radius 3 is 1.94 bits per heavy atom. The first kappa shape index (κ1) is 32.3. The van der Waals surface area contributed by atoms with Crippen LogP contribution >= 0.6 is 0 Å². The van der Waals surface area contributed by atoms with Gasteiger partial charge in [0.2, 0.25) is 11.8 Å². The van der Waals surface area contributed by atoms with E-state index in [-0.39, 0.29) is 6.42 Å². The molecule has 0 aromatic heterocycles. The summed E-state index contributed by atoms with van der Waals surface area (Å²) in [6, 6.07) is -0.980. The molecule has 0 aliphatic heterocycles. The van der Waals surface area contributed by atoms with Gasteiger partial charge in [0.25, 0.3) is 10.1 Å². The van der Waals surface area contributed by atoms with Crippen molar-refractivity contribution < 1.29 is 32.5 Å². The number of amides is 2. The van der Waals surface area contributed by atoms with Crippen molar-refractivity contribution in [3.8, 4) is 0 Å². The summed E-state index contributed by atoms with van der Waals surface area (Å²) >= 11 is 0. The number of carbonyl (C=O) groups excluding carboxylic acids is 2. The molecule has 0 fully saturated rings. The van der Waals surface area contributed by atoms with E-state index in [1.54, 1.807) is 20.8 Å². The molecule has 0 aliphatic carbocycles. The van der Waals surface area contributed by atoms with Crippen LogP contribution in [0.2, 0.25) is 0 Å². The minimum absolute atomic E-state index is 0.160. The lowest BCUT2D eigenvalue weighted by Gasteiger charge is -2.32. The zero-order valence-electron chi connectivity index (χ0n) is 21.8. The van der Waals surface area contributed by atoms with E-state index in [4.69, 9.17) is 4.55 Å². The van der Waals surface area contributed by atoms with Crippen LogP contribution in [0.15, 0.2) is 0 Å². The van der Waals surface area contributed by atoms with Crippen molar-refractivity contribution in [2.45, 2.75) is 117 Å². The van der Waals surface area contributed by atoms with Crippen LogP contribution in [0, 0.1) is 11.3 Å². The van der Waals surface area contributed by atoms with Crippen molar-refractivity contribution in [2.24, 2.45) is 11.3 Å². The molecular weight excluding hydrogens is 460 g/mol. The fourth-order valence-electron chi connectivity index (χ4n) is 4.01. The van der Waals surface area contributed by atoms with Crippen molar-refractivity contribution in [3.05, 3.63) is 0 Å². The van der Waals surface area contributed by atoms with Crippen molar-refractivity contribution in [1.29, 1.82) is 0 Å². The van der Waals surface area contributed by atoms with E-state index in [0.717, 1.165) is 19.3 Å². The molecule has 0 aromatic rings. The third-order valence-corrected chi connectivity index (χ3v) is 7.32. The Morgan fingerprint density at radius 1 is 0.941 bits per heavy atom. The minimum atomic E-state index is -4.28. The van der Waals surface area contributed by atoms with Gasteiger partial charge in [0.1, 0.15) is 6.04 Å². The molecule has 34 heavy (non-hydrogen) atoms. The number of rotatable bonds is 18. The second-order valence-corrected chi connectivity index (χ2v) is 11.8. The zero-order valence-corrected chi connectivity index (χ0v) is 22.6. The molecule has 4 N–H and O–H groups in total. The molecule has 0 radical (unpaired) electrons. The van der Waals surface area contributed by atoms with E-state index in [9.17, 15) is 27.9 Å². The van der Waals surface area contributed by atoms with Crippen molar-refractivity contribution in [1.82, 2.24) is 10.6 Å². The molecule has 0 rings (SSSR count). The van der Waals surface area contributed by atoms with Gasteiger partial charge in [-0.3, -0.25) is 14.1 Å². The summed E-state index contributed by atoms with van der Waals surface area (Å²) in [5.74, 6) is -3.21. The van der Waals surface area contributed by atoms with Gasteiger partial charge in [0.05, 0.1) is 11.3 Å². The van der Waals surface area contributed by atoms with Crippen LogP contribution in [0.5, 0.6) is 0 Å². The topological polar surface area (TPSA) is 150 Å². The van der Waals surface area contributed by atoms with Crippen LogP contribution < -0.4 is 10.6 Å². The highest BCUT2D eigenvalue weighted by Gasteiger charge is 2.38. The van der Waals surface area contributed by atoms with Gasteiger partial charge in [0.15, 0.2) is 0 Å². The highest BCUT2D eigenvalue weighted by Crippen LogP contribution is 2.31. The summed E-state index contributed by atoms with van der Waals surface area (Å²) in [6.07, 6.45) is 8.29. The van der Waals surface area contributed by atoms with Crippen molar-refractivity contribution >= 4 is 27.9 Å². The first-order valence-corrected chi connectivity index (χ1v) is 14.0. The summed E-state index contributed by atoms with van der Waals surface area (Å²) in [5.41, 5.74) is -2.16. The molecule has 2 amide bonds. The first-order chi connectivity index (χ1) is 15.6. The number of carbonyl (C=O) groups is 3. The Morgan fingerprint density at radius 2 is 1.47 bits per heavy atom. The Balaban J connectivity index is 4.97. The van der Waals surface area contributed by atoms with E-state index in [1.807, 2.05) is 0 Å². The SMILES string of the molecule is CCCCCCCCCC(NC(=O)C(C)(CC)CC(C)C(=O)NC(C)(C)CS(=O)(=O)O)C(=O)O. The molecule has 10 heteroatoms. The number of hydrogen-bond donors (Lipinski definition) is 4. The summed E-state index contributed by atoms with van der Waals surface area (Å²) in [4.78, 5) is 37.4. The van der Waals surface area contributed by atoms with Gasteiger partial charge in [-0.1, -0.05) is 72.6 Å². The maximum Gasteiger partial charge on any atom is 0.326 e. The van der Waals surface area contributed by atoms with Crippen molar-refractivity contribution in [2.75, 3.05) is 5.75 Å². The predicted molar refractivity (Wildman–Crippen MR) is 133 cm³/mol. The number of carboxylic acids is 1. The third-order valence-electron chi connectivity index (χ3n) is 6.24. The van der Waals surface area contributed by atoms with Crippen LogP contribution in [0.4, 0.5) is 0 Å². The van der Waals surface area contributed by atoms with Gasteiger partial charge >= 0.3 is 5.97 Å². The molecule has 0 spiro atoms. The highest BCUT2D eigenvalue weighted by atomic mass is 32.2. The van der Waals surface area contributed by atoms with E-state index in [2.05, 4.69) is 17.6 Å². The van der Waals surface area contributed by atoms with E-state index < -0.39 is 56.6 Å². The summed E-state index contributed by atoms with van der Waals surface area (Å²) in [6.45, 7) is 10.3. The number of carboxylic acid groups (broad SMARTS) is 1. The van der Waals surface area contributed by atoms with Crippen LogP contribution in [0.1, 0.15) is 106 Å². The van der Waals surface area contributed by atoms with Crippen molar-refractivity contribution in [3.63, 3.8) is 0 Å². The average molecular weight is 507 g/mol. The number of nitrogens with one attached hydrogen (secondary N) is 2. The molecule has 0 aliphatic rings. The van der Waals surface area contributed by atoms with Gasteiger partial charge in [0, 0.05) is 11.3 Å². The number of aliphatic carboxylic acids is 1. The van der Waals surface area contributed by atoms with E-state index in [1.165, 1.54) is 33.1 Å².